The van der Waals surface area contributed by atoms with Gasteiger partial charge in [0.05, 0.1) is 12.5 Å². The molecule has 0 aromatic rings. The number of rotatable bonds is 7. The van der Waals surface area contributed by atoms with E-state index in [4.69, 9.17) is 9.84 Å². The molecule has 5 heteroatoms. The van der Waals surface area contributed by atoms with Crippen LogP contribution >= 0.6 is 0 Å². The van der Waals surface area contributed by atoms with Gasteiger partial charge >= 0.3 is 12.1 Å². The molecule has 1 unspecified atom stereocenters. The van der Waals surface area contributed by atoms with E-state index in [-0.39, 0.29) is 18.6 Å². The van der Waals surface area contributed by atoms with E-state index < -0.39 is 12.1 Å². The Labute approximate surface area is 103 Å². The fourth-order valence-electron chi connectivity index (χ4n) is 1.45. The topological polar surface area (TPSA) is 66.8 Å². The molecular formula is C12H23NO4. The number of amides is 1. The first-order chi connectivity index (χ1) is 7.88. The highest BCUT2D eigenvalue weighted by atomic mass is 16.6. The first-order valence-corrected chi connectivity index (χ1v) is 6.07. The molecule has 0 rings (SSSR count). The predicted octanol–water partition coefficient (Wildman–Crippen LogP) is 2.50. The number of carbonyl (C=O) groups excluding carboxylic acids is 1. The molecule has 0 aliphatic carbocycles. The summed E-state index contributed by atoms with van der Waals surface area (Å²) in [6.07, 6.45) is 1.12. The largest absolute Gasteiger partial charge is 0.481 e. The minimum Gasteiger partial charge on any atom is -0.481 e. The standard InChI is InChI=1S/C12H23NO4/c1-5-6-7-13(10(4)8-11(14)15)12(16)17-9(2)3/h9-10H,5-8H2,1-4H3,(H,14,15). The van der Waals surface area contributed by atoms with E-state index in [0.717, 1.165) is 12.8 Å². The number of carboxylic acids is 1. The van der Waals surface area contributed by atoms with Gasteiger partial charge in [0.2, 0.25) is 0 Å². The SMILES string of the molecule is CCCCN(C(=O)OC(C)C)C(C)CC(=O)O. The highest BCUT2D eigenvalue weighted by molar-refractivity contribution is 5.71. The van der Waals surface area contributed by atoms with Gasteiger partial charge in [-0.1, -0.05) is 13.3 Å². The van der Waals surface area contributed by atoms with Crippen molar-refractivity contribution in [2.75, 3.05) is 6.54 Å². The van der Waals surface area contributed by atoms with Crippen molar-refractivity contribution in [1.82, 2.24) is 4.90 Å². The van der Waals surface area contributed by atoms with E-state index >= 15 is 0 Å². The molecule has 1 N–H and O–H groups in total. The summed E-state index contributed by atoms with van der Waals surface area (Å²) in [6.45, 7) is 7.84. The molecule has 0 saturated heterocycles. The first kappa shape index (κ1) is 15.7. The summed E-state index contributed by atoms with van der Waals surface area (Å²) in [5, 5.41) is 8.74. The zero-order valence-electron chi connectivity index (χ0n) is 11.1. The Morgan fingerprint density at radius 3 is 2.29 bits per heavy atom. The third kappa shape index (κ3) is 6.81. The van der Waals surface area contributed by atoms with Crippen LogP contribution in [-0.4, -0.2) is 40.8 Å². The molecule has 0 aromatic heterocycles. The molecule has 5 nitrogen and oxygen atoms in total. The van der Waals surface area contributed by atoms with Gasteiger partial charge in [-0.05, 0) is 27.2 Å². The van der Waals surface area contributed by atoms with Crippen LogP contribution in [0.4, 0.5) is 4.79 Å². The molecule has 0 saturated carbocycles. The molecule has 1 atom stereocenters. The minimum atomic E-state index is -0.906. The summed E-state index contributed by atoms with van der Waals surface area (Å²) in [7, 11) is 0. The van der Waals surface area contributed by atoms with Crippen LogP contribution in [0.1, 0.15) is 47.0 Å². The van der Waals surface area contributed by atoms with Gasteiger partial charge in [0.15, 0.2) is 0 Å². The summed E-state index contributed by atoms with van der Waals surface area (Å²) in [4.78, 5) is 23.9. The summed E-state index contributed by atoms with van der Waals surface area (Å²) in [5.41, 5.74) is 0. The maximum Gasteiger partial charge on any atom is 0.410 e. The number of carboxylic acid groups (broad SMARTS) is 1. The smallest absolute Gasteiger partial charge is 0.410 e. The zero-order chi connectivity index (χ0) is 13.4. The van der Waals surface area contributed by atoms with E-state index in [1.807, 2.05) is 6.92 Å². The molecule has 100 valence electrons. The molecular weight excluding hydrogens is 222 g/mol. The third-order valence-corrected chi connectivity index (χ3v) is 2.33. The van der Waals surface area contributed by atoms with Crippen LogP contribution in [0.15, 0.2) is 0 Å². The number of ether oxygens (including phenoxy) is 1. The normalized spacial score (nSPS) is 12.3. The van der Waals surface area contributed by atoms with Crippen LogP contribution in [0, 0.1) is 0 Å². The van der Waals surface area contributed by atoms with E-state index in [1.165, 1.54) is 4.90 Å². The lowest BCUT2D eigenvalue weighted by molar-refractivity contribution is -0.138. The molecule has 0 aliphatic heterocycles. The Morgan fingerprint density at radius 1 is 1.29 bits per heavy atom. The molecule has 0 aliphatic rings. The Bertz CT molecular complexity index is 253. The van der Waals surface area contributed by atoms with Crippen molar-refractivity contribution in [3.63, 3.8) is 0 Å². The molecule has 1 amide bonds. The van der Waals surface area contributed by atoms with Gasteiger partial charge in [0.1, 0.15) is 0 Å². The monoisotopic (exact) mass is 245 g/mol. The maximum atomic E-state index is 11.8. The zero-order valence-corrected chi connectivity index (χ0v) is 11.1. The van der Waals surface area contributed by atoms with E-state index in [2.05, 4.69) is 0 Å². The first-order valence-electron chi connectivity index (χ1n) is 6.07. The van der Waals surface area contributed by atoms with E-state index in [0.29, 0.717) is 6.54 Å². The average Bonchev–Trinajstić information content (AvgIpc) is 2.15. The Kier molecular flexibility index (Phi) is 7.34. The lowest BCUT2D eigenvalue weighted by Gasteiger charge is -2.28. The number of carbonyl (C=O) groups is 2. The molecule has 0 aromatic carbocycles. The number of hydrogen-bond donors (Lipinski definition) is 1. The predicted molar refractivity (Wildman–Crippen MR) is 64.9 cm³/mol. The lowest BCUT2D eigenvalue weighted by Crippen LogP contribution is -2.41. The maximum absolute atomic E-state index is 11.8. The quantitative estimate of drug-likeness (QED) is 0.748. The summed E-state index contributed by atoms with van der Waals surface area (Å²) in [5.74, 6) is -0.906. The van der Waals surface area contributed by atoms with Crippen molar-refractivity contribution in [2.24, 2.45) is 0 Å². The number of hydrogen-bond acceptors (Lipinski definition) is 3. The highest BCUT2D eigenvalue weighted by Gasteiger charge is 2.23. The van der Waals surface area contributed by atoms with Crippen LogP contribution in [-0.2, 0) is 9.53 Å². The van der Waals surface area contributed by atoms with E-state index in [9.17, 15) is 9.59 Å². The van der Waals surface area contributed by atoms with Crippen LogP contribution in [0.25, 0.3) is 0 Å². The fourth-order valence-corrected chi connectivity index (χ4v) is 1.45. The molecule has 0 bridgehead atoms. The molecule has 0 fully saturated rings. The van der Waals surface area contributed by atoms with Crippen molar-refractivity contribution >= 4 is 12.1 Å². The Morgan fingerprint density at radius 2 is 1.88 bits per heavy atom. The molecule has 17 heavy (non-hydrogen) atoms. The Hall–Kier alpha value is -1.26. The number of nitrogens with zero attached hydrogens (tertiary/aromatic N) is 1. The summed E-state index contributed by atoms with van der Waals surface area (Å²) in [6, 6.07) is -0.342. The summed E-state index contributed by atoms with van der Waals surface area (Å²) < 4.78 is 5.11. The van der Waals surface area contributed by atoms with Gasteiger partial charge in [0.25, 0.3) is 0 Å². The van der Waals surface area contributed by atoms with Crippen molar-refractivity contribution in [2.45, 2.75) is 59.1 Å². The fraction of sp³-hybridized carbons (Fsp3) is 0.833. The second kappa shape index (κ2) is 7.92. The van der Waals surface area contributed by atoms with Gasteiger partial charge in [-0.2, -0.15) is 0 Å². The van der Waals surface area contributed by atoms with Crippen LogP contribution < -0.4 is 0 Å². The molecule has 0 spiro atoms. The third-order valence-electron chi connectivity index (χ3n) is 2.33. The second-order valence-electron chi connectivity index (χ2n) is 4.43. The van der Waals surface area contributed by atoms with Crippen LogP contribution in [0.5, 0.6) is 0 Å². The highest BCUT2D eigenvalue weighted by Crippen LogP contribution is 2.09. The van der Waals surface area contributed by atoms with Gasteiger partial charge in [-0.15, -0.1) is 0 Å². The minimum absolute atomic E-state index is 0.0586. The molecule has 0 radical (unpaired) electrons. The number of aliphatic carboxylic acids is 1. The van der Waals surface area contributed by atoms with Gasteiger partial charge < -0.3 is 14.7 Å². The van der Waals surface area contributed by atoms with Crippen molar-refractivity contribution in [1.29, 1.82) is 0 Å². The van der Waals surface area contributed by atoms with Gasteiger partial charge in [-0.25, -0.2) is 4.79 Å². The molecule has 0 heterocycles. The van der Waals surface area contributed by atoms with Crippen LogP contribution in [0.2, 0.25) is 0 Å². The van der Waals surface area contributed by atoms with Crippen molar-refractivity contribution in [3.05, 3.63) is 0 Å². The van der Waals surface area contributed by atoms with Gasteiger partial charge in [-0.3, -0.25) is 4.79 Å². The van der Waals surface area contributed by atoms with Crippen molar-refractivity contribution < 1.29 is 19.4 Å². The average molecular weight is 245 g/mol. The van der Waals surface area contributed by atoms with Gasteiger partial charge in [0, 0.05) is 12.6 Å². The number of unbranched alkanes of at least 4 members (excludes halogenated alkanes) is 1. The summed E-state index contributed by atoms with van der Waals surface area (Å²) >= 11 is 0. The van der Waals surface area contributed by atoms with Crippen LogP contribution in [0.3, 0.4) is 0 Å². The Balaban J connectivity index is 4.49. The second-order valence-corrected chi connectivity index (χ2v) is 4.43. The van der Waals surface area contributed by atoms with Crippen molar-refractivity contribution in [3.8, 4) is 0 Å². The lowest BCUT2D eigenvalue weighted by atomic mass is 10.2. The van der Waals surface area contributed by atoms with E-state index in [1.54, 1.807) is 20.8 Å².